The number of hydrogen-bond acceptors (Lipinski definition) is 1. The second kappa shape index (κ2) is 6.01. The van der Waals surface area contributed by atoms with E-state index >= 15 is 0 Å². The highest BCUT2D eigenvalue weighted by molar-refractivity contribution is 6.31. The molecule has 4 heteroatoms. The largest absolute Gasteiger partial charge is 0.487 e. The lowest BCUT2D eigenvalue weighted by atomic mass is 10.2. The molecule has 0 saturated heterocycles. The van der Waals surface area contributed by atoms with Crippen molar-refractivity contribution >= 4 is 22.5 Å². The smallest absolute Gasteiger partial charge is 0.128 e. The Bertz CT molecular complexity index is 810. The topological polar surface area (TPSA) is 14.2 Å². The van der Waals surface area contributed by atoms with Crippen LogP contribution in [0.25, 0.3) is 10.9 Å². The molecule has 0 fully saturated rings. The van der Waals surface area contributed by atoms with E-state index in [1.54, 1.807) is 12.1 Å². The lowest BCUT2D eigenvalue weighted by Gasteiger charge is -2.15. The van der Waals surface area contributed by atoms with Crippen molar-refractivity contribution in [3.63, 3.8) is 0 Å². The molecule has 0 amide bonds. The van der Waals surface area contributed by atoms with Crippen molar-refractivity contribution in [3.05, 3.63) is 65.1 Å². The van der Waals surface area contributed by atoms with Crippen LogP contribution in [0, 0.1) is 5.82 Å². The van der Waals surface area contributed by atoms with E-state index in [4.69, 9.17) is 16.3 Å². The van der Waals surface area contributed by atoms with Gasteiger partial charge in [0, 0.05) is 28.0 Å². The van der Waals surface area contributed by atoms with Gasteiger partial charge in [-0.25, -0.2) is 4.39 Å². The third-order valence-corrected chi connectivity index (χ3v) is 3.81. The number of rotatable bonds is 4. The van der Waals surface area contributed by atoms with Crippen LogP contribution in [0.2, 0.25) is 5.02 Å². The molecule has 2 nitrogen and oxygen atoms in total. The monoisotopic (exact) mass is 317 g/mol. The molecule has 1 aromatic heterocycles. The fourth-order valence-electron chi connectivity index (χ4n) is 2.70. The van der Waals surface area contributed by atoms with Gasteiger partial charge < -0.3 is 9.30 Å². The standard InChI is InChI=1S/C18H17ClFNO/c1-12(2)21-16(9-13-8-14(19)6-7-18(13)21)11-22-17-5-3-4-15(20)10-17/h3-10,12H,11H2,1-2H3. The van der Waals surface area contributed by atoms with Crippen molar-refractivity contribution in [1.82, 2.24) is 4.57 Å². The zero-order chi connectivity index (χ0) is 15.7. The molecule has 0 aliphatic rings. The molecule has 1 heterocycles. The summed E-state index contributed by atoms with van der Waals surface area (Å²) >= 11 is 6.07. The lowest BCUT2D eigenvalue weighted by molar-refractivity contribution is 0.291. The zero-order valence-electron chi connectivity index (χ0n) is 12.5. The number of ether oxygens (including phenoxy) is 1. The first-order valence-electron chi connectivity index (χ1n) is 7.22. The van der Waals surface area contributed by atoms with Crippen molar-refractivity contribution in [1.29, 1.82) is 0 Å². The zero-order valence-corrected chi connectivity index (χ0v) is 13.3. The SMILES string of the molecule is CC(C)n1c(COc2cccc(F)c2)cc2cc(Cl)ccc21. The highest BCUT2D eigenvalue weighted by Gasteiger charge is 2.12. The van der Waals surface area contributed by atoms with E-state index in [2.05, 4.69) is 24.5 Å². The number of aromatic nitrogens is 1. The maximum Gasteiger partial charge on any atom is 0.128 e. The first-order valence-corrected chi connectivity index (χ1v) is 7.60. The summed E-state index contributed by atoms with van der Waals surface area (Å²) in [7, 11) is 0. The van der Waals surface area contributed by atoms with Gasteiger partial charge in [-0.2, -0.15) is 0 Å². The lowest BCUT2D eigenvalue weighted by Crippen LogP contribution is -2.08. The second-order valence-corrected chi connectivity index (χ2v) is 5.99. The van der Waals surface area contributed by atoms with E-state index in [9.17, 15) is 4.39 Å². The van der Waals surface area contributed by atoms with Gasteiger partial charge in [0.15, 0.2) is 0 Å². The molecule has 0 unspecified atom stereocenters. The van der Waals surface area contributed by atoms with Crippen molar-refractivity contribution in [2.45, 2.75) is 26.5 Å². The predicted molar refractivity (Wildman–Crippen MR) is 88.1 cm³/mol. The van der Waals surface area contributed by atoms with Gasteiger partial charge in [-0.3, -0.25) is 0 Å². The molecule has 0 radical (unpaired) electrons. The maximum absolute atomic E-state index is 13.2. The van der Waals surface area contributed by atoms with Gasteiger partial charge in [0.2, 0.25) is 0 Å². The summed E-state index contributed by atoms with van der Waals surface area (Å²) in [6, 6.07) is 14.4. The number of hydrogen-bond donors (Lipinski definition) is 0. The summed E-state index contributed by atoms with van der Waals surface area (Å²) in [5.41, 5.74) is 2.16. The molecule has 3 rings (SSSR count). The van der Waals surface area contributed by atoms with E-state index in [1.165, 1.54) is 12.1 Å². The summed E-state index contributed by atoms with van der Waals surface area (Å²) < 4.78 is 21.2. The Kier molecular flexibility index (Phi) is 4.08. The molecule has 2 aromatic carbocycles. The summed E-state index contributed by atoms with van der Waals surface area (Å²) in [5.74, 6) is 0.229. The van der Waals surface area contributed by atoms with Crippen LogP contribution in [-0.2, 0) is 6.61 Å². The van der Waals surface area contributed by atoms with Crippen LogP contribution in [-0.4, -0.2) is 4.57 Å². The third kappa shape index (κ3) is 2.95. The van der Waals surface area contributed by atoms with Crippen LogP contribution in [0.4, 0.5) is 4.39 Å². The Balaban J connectivity index is 1.94. The van der Waals surface area contributed by atoms with E-state index in [0.717, 1.165) is 16.6 Å². The van der Waals surface area contributed by atoms with Gasteiger partial charge in [0.1, 0.15) is 18.2 Å². The fourth-order valence-corrected chi connectivity index (χ4v) is 2.88. The quantitative estimate of drug-likeness (QED) is 0.611. The van der Waals surface area contributed by atoms with Crippen molar-refractivity contribution in [2.24, 2.45) is 0 Å². The Morgan fingerprint density at radius 2 is 1.95 bits per heavy atom. The number of halogens is 2. The average Bonchev–Trinajstić information content (AvgIpc) is 2.82. The molecule has 0 N–H and O–H groups in total. The van der Waals surface area contributed by atoms with Gasteiger partial charge in [0.25, 0.3) is 0 Å². The van der Waals surface area contributed by atoms with Crippen molar-refractivity contribution in [3.8, 4) is 5.75 Å². The molecule has 114 valence electrons. The minimum Gasteiger partial charge on any atom is -0.487 e. The van der Waals surface area contributed by atoms with E-state index in [1.807, 2.05) is 18.2 Å². The van der Waals surface area contributed by atoms with E-state index < -0.39 is 0 Å². The van der Waals surface area contributed by atoms with Crippen LogP contribution in [0.5, 0.6) is 5.75 Å². The maximum atomic E-state index is 13.2. The molecule has 3 aromatic rings. The molecule has 0 aliphatic heterocycles. The normalized spacial score (nSPS) is 11.3. The Labute approximate surface area is 134 Å². The van der Waals surface area contributed by atoms with Crippen LogP contribution in [0.1, 0.15) is 25.6 Å². The first-order chi connectivity index (χ1) is 10.5. The molecule has 0 aliphatic carbocycles. The van der Waals surface area contributed by atoms with Crippen LogP contribution in [0.3, 0.4) is 0 Å². The minimum absolute atomic E-state index is 0.296. The predicted octanol–water partition coefficient (Wildman–Crippen LogP) is 5.59. The highest BCUT2D eigenvalue weighted by atomic mass is 35.5. The molecule has 0 atom stereocenters. The number of benzene rings is 2. The van der Waals surface area contributed by atoms with E-state index in [0.29, 0.717) is 23.4 Å². The van der Waals surface area contributed by atoms with Gasteiger partial charge in [-0.15, -0.1) is 0 Å². The Hall–Kier alpha value is -2.00. The van der Waals surface area contributed by atoms with Gasteiger partial charge in [-0.05, 0) is 50.2 Å². The van der Waals surface area contributed by atoms with Crippen molar-refractivity contribution < 1.29 is 9.13 Å². The number of fused-ring (bicyclic) bond motifs is 1. The summed E-state index contributed by atoms with van der Waals surface area (Å²) in [4.78, 5) is 0. The van der Waals surface area contributed by atoms with E-state index in [-0.39, 0.29) is 5.82 Å². The molecule has 0 saturated carbocycles. The van der Waals surface area contributed by atoms with Crippen LogP contribution < -0.4 is 4.74 Å². The van der Waals surface area contributed by atoms with Crippen molar-refractivity contribution in [2.75, 3.05) is 0 Å². The Morgan fingerprint density at radius 1 is 1.14 bits per heavy atom. The minimum atomic E-state index is -0.298. The summed E-state index contributed by atoms with van der Waals surface area (Å²) in [6.45, 7) is 4.63. The first kappa shape index (κ1) is 14.9. The molecule has 22 heavy (non-hydrogen) atoms. The molecular formula is C18H17ClFNO. The molecule has 0 spiro atoms. The van der Waals surface area contributed by atoms with Gasteiger partial charge >= 0.3 is 0 Å². The van der Waals surface area contributed by atoms with Gasteiger partial charge in [0.05, 0.1) is 5.69 Å². The fraction of sp³-hybridized carbons (Fsp3) is 0.222. The third-order valence-electron chi connectivity index (χ3n) is 3.58. The summed E-state index contributed by atoms with van der Waals surface area (Å²) in [5, 5.41) is 1.80. The summed E-state index contributed by atoms with van der Waals surface area (Å²) in [6.07, 6.45) is 0. The van der Waals surface area contributed by atoms with Crippen LogP contribution >= 0.6 is 11.6 Å². The van der Waals surface area contributed by atoms with Gasteiger partial charge in [-0.1, -0.05) is 17.7 Å². The second-order valence-electron chi connectivity index (χ2n) is 5.55. The number of nitrogens with zero attached hydrogens (tertiary/aromatic N) is 1. The average molecular weight is 318 g/mol. The molecular weight excluding hydrogens is 301 g/mol. The molecule has 0 bridgehead atoms. The van der Waals surface area contributed by atoms with Crippen LogP contribution in [0.15, 0.2) is 48.5 Å². The highest BCUT2D eigenvalue weighted by Crippen LogP contribution is 2.27. The Morgan fingerprint density at radius 3 is 2.68 bits per heavy atom.